The molecule has 0 N–H and O–H groups in total. The van der Waals surface area contributed by atoms with Crippen LogP contribution in [0, 0.1) is 57.6 Å². The predicted octanol–water partition coefficient (Wildman–Crippen LogP) is 27.0. The van der Waals surface area contributed by atoms with Crippen LogP contribution in [0.15, 0.2) is 0 Å². The molecule has 4 fully saturated rings. The van der Waals surface area contributed by atoms with Crippen LogP contribution >= 0.6 is 0 Å². The normalized spacial score (nSPS) is 21.5. The summed E-state index contributed by atoms with van der Waals surface area (Å²) in [5.74, 6) is -1.91. The zero-order valence-corrected chi connectivity index (χ0v) is 53.4. The fraction of sp³-hybridized carbons (Fsp3) is 1.00. The fourth-order valence-corrected chi connectivity index (χ4v) is 6.07. The quantitative estimate of drug-likeness (QED) is 0.233. The van der Waals surface area contributed by atoms with Gasteiger partial charge in [-0.1, -0.05) is 315 Å². The highest BCUT2D eigenvalue weighted by atomic mass is 19.4. The van der Waals surface area contributed by atoms with Gasteiger partial charge in [0.2, 0.25) is 0 Å². The average Bonchev–Trinajstić information content (AvgIpc) is 3.88. The monoisotopic (exact) mass is 1040 g/mol. The van der Waals surface area contributed by atoms with E-state index in [1.807, 2.05) is 83.1 Å². The number of alkyl halides is 6. The summed E-state index contributed by atoms with van der Waals surface area (Å²) in [6, 6.07) is 0. The van der Waals surface area contributed by atoms with Crippen LogP contribution < -0.4 is 0 Å². The van der Waals surface area contributed by atoms with Crippen LogP contribution in [0.3, 0.4) is 0 Å². The van der Waals surface area contributed by atoms with Gasteiger partial charge in [-0.2, -0.15) is 26.3 Å². The van der Waals surface area contributed by atoms with E-state index < -0.39 is 49.7 Å². The maximum atomic E-state index is 11.6. The molecule has 6 heteroatoms. The van der Waals surface area contributed by atoms with E-state index in [2.05, 4.69) is 62.3 Å². The maximum Gasteiger partial charge on any atom is 0.389 e. The van der Waals surface area contributed by atoms with Crippen molar-refractivity contribution in [1.82, 2.24) is 0 Å². The molecule has 4 aliphatic carbocycles. The van der Waals surface area contributed by atoms with E-state index >= 15 is 0 Å². The van der Waals surface area contributed by atoms with E-state index in [1.165, 1.54) is 90.9 Å². The van der Waals surface area contributed by atoms with Crippen molar-refractivity contribution in [2.45, 2.75) is 366 Å². The molecule has 2 atom stereocenters. The van der Waals surface area contributed by atoms with Crippen LogP contribution in [0.1, 0.15) is 366 Å². The minimum atomic E-state index is -4.20. The molecule has 442 valence electrons. The first-order valence-electron chi connectivity index (χ1n) is 33.4. The van der Waals surface area contributed by atoms with E-state index in [1.54, 1.807) is 53.4 Å². The molecule has 4 rings (SSSR count). The summed E-state index contributed by atoms with van der Waals surface area (Å²) in [5.41, 5.74) is 1.12. The molecule has 1 spiro atoms. The van der Waals surface area contributed by atoms with Gasteiger partial charge in [-0.25, -0.2) is 0 Å². The van der Waals surface area contributed by atoms with Gasteiger partial charge in [-0.05, 0) is 83.2 Å². The second kappa shape index (κ2) is 55.8. The number of hydrogen-bond acceptors (Lipinski definition) is 0. The van der Waals surface area contributed by atoms with Crippen LogP contribution in [0.5, 0.6) is 0 Å². The summed E-state index contributed by atoms with van der Waals surface area (Å²) in [7, 11) is 0. The standard InChI is InChI=1S/C11H20.C7H14.2C6H11F3.C6H12.C6H14.2C5H12.2C4H10.C3H8.C2H6/c1-10-4-8-11(9-5-10)6-2-3-7-11;1-7-5-3-2-4-6-7;2*1-3-5(2)4-6(7,8)9;1-6-4-2-3-5-6;1-5-6(2,3)4;1-5(2,3)4;1-4-5(2)3;1-4(2)3;1-3-4-2;1-3-2;1-2/h10H,2-9H2,1H3;7H,2-6H2,1H3;2*5H,3-4H2,1-2H3;6H,2-5H2,1H3;5H2,1-4H3;1-4H3;5H,4H2,1-3H3;4H,1-3H3;3-4H2,1-2H3;3H2,1-2H3;1-2H3/t;;2*5-;;;;;;;;/m..00......../s1/i;7D;2*5D;6D;5D2;;4D2;4D;;;. The lowest BCUT2D eigenvalue weighted by atomic mass is 9.70. The number of halogens is 6. The number of rotatable bonds is 6. The predicted molar refractivity (Wildman–Crippen MR) is 317 cm³/mol. The highest BCUT2D eigenvalue weighted by Gasteiger charge is 2.36. The zero-order valence-electron chi connectivity index (χ0n) is 62.4. The zero-order chi connectivity index (χ0) is 66.1. The van der Waals surface area contributed by atoms with Crippen molar-refractivity contribution >= 4 is 0 Å². The lowest BCUT2D eigenvalue weighted by Crippen LogP contribution is -2.23. The van der Waals surface area contributed by atoms with Gasteiger partial charge >= 0.3 is 12.4 Å². The van der Waals surface area contributed by atoms with Gasteiger partial charge in [0.25, 0.3) is 0 Å². The highest BCUT2D eigenvalue weighted by molar-refractivity contribution is 4.88. The first kappa shape index (κ1) is 66.7. The Labute approximate surface area is 461 Å². The second-order valence-electron chi connectivity index (χ2n) is 23.9. The molecule has 0 amide bonds. The lowest BCUT2D eigenvalue weighted by Gasteiger charge is -2.36. The molecule has 0 unspecified atom stereocenters. The van der Waals surface area contributed by atoms with Gasteiger partial charge < -0.3 is 0 Å². The summed E-state index contributed by atoms with van der Waals surface area (Å²) in [4.78, 5) is 0. The molecular weight excluding hydrogens is 895 g/mol. The van der Waals surface area contributed by atoms with E-state index in [-0.39, 0.29) is 41.9 Å². The van der Waals surface area contributed by atoms with Gasteiger partial charge in [-0.3, -0.25) is 0 Å². The molecule has 0 aliphatic heterocycles. The molecule has 0 nitrogen and oxygen atoms in total. The third-order valence-corrected chi connectivity index (χ3v) is 11.2. The summed E-state index contributed by atoms with van der Waals surface area (Å²) >= 11 is 0. The maximum absolute atomic E-state index is 11.6. The molecule has 71 heavy (non-hydrogen) atoms. The molecule has 0 aromatic rings. The van der Waals surface area contributed by atoms with Crippen molar-refractivity contribution in [3.8, 4) is 0 Å². The fourth-order valence-electron chi connectivity index (χ4n) is 6.07. The van der Waals surface area contributed by atoms with E-state index in [9.17, 15) is 26.3 Å². The van der Waals surface area contributed by atoms with Gasteiger partial charge in [0, 0.05) is 25.2 Å². The van der Waals surface area contributed by atoms with Crippen molar-refractivity contribution in [2.75, 3.05) is 0 Å². The van der Waals surface area contributed by atoms with Crippen LogP contribution in [0.25, 0.3) is 0 Å². The topological polar surface area (TPSA) is 0 Å². The van der Waals surface area contributed by atoms with Crippen molar-refractivity contribution in [3.63, 3.8) is 0 Å². The summed E-state index contributed by atoms with van der Waals surface area (Å²) in [5, 5.41) is 0. The number of unbranched alkanes of at least 4 members (excludes halogenated alkanes) is 1. The van der Waals surface area contributed by atoms with Crippen LogP contribution in [-0.4, -0.2) is 12.4 Å². The minimum absolute atomic E-state index is 0.0556. The van der Waals surface area contributed by atoms with Crippen LogP contribution in [0.4, 0.5) is 26.3 Å². The smallest absolute Gasteiger partial charge is 0.171 e. The molecular formula is C65H140F6. The van der Waals surface area contributed by atoms with Crippen molar-refractivity contribution < 1.29 is 38.7 Å². The molecule has 0 aromatic carbocycles. The Kier molecular flexibility index (Phi) is 52.4. The van der Waals surface area contributed by atoms with Gasteiger partial charge in [0.15, 0.2) is 0 Å². The number of hydrogen-bond donors (Lipinski definition) is 0. The van der Waals surface area contributed by atoms with Crippen molar-refractivity contribution in [2.24, 2.45) is 57.6 Å². The molecule has 0 saturated heterocycles. The SMILES string of the molecule is CC.CC(C)(C)C.CC1CCC2(CCCC2)CC1.CCC.CCCC.[2H]C(C)(C)C.[2H]C([2H])(C)C(C)(C)C.[2H]C([2H])(C)C(C)C.[2H]C1(C)CCCC1.[2H]C1(C)CCCCC1.[2H][C@](C)(CC)CC(F)(F)F.[2H][C@](C)(CC)CC(F)(F)F. The van der Waals surface area contributed by atoms with Gasteiger partial charge in [0.1, 0.15) is 0 Å². The average molecular weight is 1040 g/mol. The van der Waals surface area contributed by atoms with Crippen LogP contribution in [0.2, 0.25) is 0 Å². The summed E-state index contributed by atoms with van der Waals surface area (Å²) in [6.07, 6.45) is 15.1. The molecule has 0 radical (unpaired) electrons. The highest BCUT2D eigenvalue weighted by Crippen LogP contribution is 2.50. The van der Waals surface area contributed by atoms with Crippen molar-refractivity contribution in [3.05, 3.63) is 0 Å². The van der Waals surface area contributed by atoms with E-state index in [0.717, 1.165) is 37.0 Å². The molecule has 4 saturated carbocycles. The Balaban J connectivity index is -0.000000120. The summed E-state index contributed by atoms with van der Waals surface area (Å²) < 4.78 is 135. The molecule has 4 aliphatic rings. The second-order valence-corrected chi connectivity index (χ2v) is 23.9. The molecule has 0 heterocycles. The third-order valence-electron chi connectivity index (χ3n) is 11.2. The van der Waals surface area contributed by atoms with E-state index in [0.29, 0.717) is 5.41 Å². The van der Waals surface area contributed by atoms with Crippen LogP contribution in [-0.2, 0) is 0 Å². The summed E-state index contributed by atoms with van der Waals surface area (Å²) in [6.45, 7) is 51.8. The van der Waals surface area contributed by atoms with Gasteiger partial charge in [0.05, 0.1) is 0 Å². The first-order valence-corrected chi connectivity index (χ1v) is 28.9. The van der Waals surface area contributed by atoms with Gasteiger partial charge in [-0.15, -0.1) is 0 Å². The minimum Gasteiger partial charge on any atom is -0.171 e. The largest absolute Gasteiger partial charge is 0.389 e. The Morgan fingerprint density at radius 3 is 0.887 bits per heavy atom. The lowest BCUT2D eigenvalue weighted by molar-refractivity contribution is -0.144. The Hall–Kier alpha value is -0.420. The molecule has 0 aromatic heterocycles. The Morgan fingerprint density at radius 1 is 0.507 bits per heavy atom. The van der Waals surface area contributed by atoms with E-state index in [4.69, 9.17) is 12.3 Å². The third kappa shape index (κ3) is 103. The first-order chi connectivity index (χ1) is 35.3. The Bertz CT molecular complexity index is 1240. The Morgan fingerprint density at radius 2 is 0.746 bits per heavy atom. The molecule has 0 bridgehead atoms. The van der Waals surface area contributed by atoms with Crippen molar-refractivity contribution in [1.29, 1.82) is 0 Å².